The van der Waals surface area contributed by atoms with Gasteiger partial charge in [-0.2, -0.15) is 0 Å². The molecular formula is C11H14BCl. The summed E-state index contributed by atoms with van der Waals surface area (Å²) in [6.07, 6.45) is 0.909. The first kappa shape index (κ1) is 10.7. The van der Waals surface area contributed by atoms with Crippen LogP contribution in [0.15, 0.2) is 18.2 Å². The third-order valence-electron chi connectivity index (χ3n) is 2.57. The van der Waals surface area contributed by atoms with Gasteiger partial charge in [0.25, 0.3) is 0 Å². The van der Waals surface area contributed by atoms with Gasteiger partial charge >= 0.3 is 0 Å². The van der Waals surface area contributed by atoms with E-state index in [9.17, 15) is 0 Å². The molecule has 0 aliphatic rings. The molecule has 1 aromatic rings. The summed E-state index contributed by atoms with van der Waals surface area (Å²) in [6, 6.07) is 6.02. The van der Waals surface area contributed by atoms with Crippen LogP contribution in [0.25, 0.3) is 0 Å². The molecule has 0 aliphatic heterocycles. The van der Waals surface area contributed by atoms with Crippen molar-refractivity contribution in [2.24, 2.45) is 0 Å². The maximum atomic E-state index is 6.10. The van der Waals surface area contributed by atoms with Gasteiger partial charge in [-0.15, -0.1) is 0 Å². The number of hydrogen-bond acceptors (Lipinski definition) is 0. The van der Waals surface area contributed by atoms with Gasteiger partial charge in [0.1, 0.15) is 0 Å². The lowest BCUT2D eigenvalue weighted by atomic mass is 9.64. The topological polar surface area (TPSA) is 0 Å². The highest BCUT2D eigenvalue weighted by molar-refractivity contribution is 6.31. The van der Waals surface area contributed by atoms with E-state index in [4.69, 9.17) is 19.4 Å². The quantitative estimate of drug-likeness (QED) is 0.630. The molecule has 1 unspecified atom stereocenters. The van der Waals surface area contributed by atoms with Crippen molar-refractivity contribution in [2.45, 2.75) is 32.5 Å². The SMILES string of the molecule is [B]C(C)(CC)c1ccc(C)c(Cl)c1. The number of aryl methyl sites for hydroxylation is 1. The summed E-state index contributed by atoms with van der Waals surface area (Å²) in [4.78, 5) is 0. The van der Waals surface area contributed by atoms with E-state index < -0.39 is 0 Å². The second kappa shape index (κ2) is 3.75. The molecule has 0 bridgehead atoms. The van der Waals surface area contributed by atoms with Crippen LogP contribution >= 0.6 is 11.6 Å². The highest BCUT2D eigenvalue weighted by Gasteiger charge is 2.17. The van der Waals surface area contributed by atoms with Crippen molar-refractivity contribution in [3.05, 3.63) is 34.3 Å². The first-order chi connectivity index (χ1) is 5.97. The second-order valence-corrected chi connectivity index (χ2v) is 4.14. The molecule has 0 amide bonds. The van der Waals surface area contributed by atoms with Crippen LogP contribution in [0.2, 0.25) is 5.02 Å². The third kappa shape index (κ3) is 2.28. The summed E-state index contributed by atoms with van der Waals surface area (Å²) in [5, 5.41) is 0.528. The minimum Gasteiger partial charge on any atom is -0.0840 e. The maximum Gasteiger partial charge on any atom is 0.0806 e. The van der Waals surface area contributed by atoms with Crippen LogP contribution in [0.4, 0.5) is 0 Å². The Morgan fingerprint density at radius 2 is 2.08 bits per heavy atom. The highest BCUT2D eigenvalue weighted by atomic mass is 35.5. The van der Waals surface area contributed by atoms with Gasteiger partial charge in [-0.25, -0.2) is 0 Å². The molecule has 2 heteroatoms. The van der Waals surface area contributed by atoms with Crippen LogP contribution in [0, 0.1) is 6.92 Å². The van der Waals surface area contributed by atoms with Gasteiger partial charge < -0.3 is 0 Å². The van der Waals surface area contributed by atoms with Crippen LogP contribution in [0.1, 0.15) is 31.4 Å². The lowest BCUT2D eigenvalue weighted by Gasteiger charge is -2.24. The predicted molar refractivity (Wildman–Crippen MR) is 59.6 cm³/mol. The van der Waals surface area contributed by atoms with Crippen molar-refractivity contribution in [3.8, 4) is 0 Å². The predicted octanol–water partition coefficient (Wildman–Crippen LogP) is 3.44. The molecule has 0 spiro atoms. The minimum absolute atomic E-state index is 0.267. The highest BCUT2D eigenvalue weighted by Crippen LogP contribution is 2.27. The zero-order valence-corrected chi connectivity index (χ0v) is 9.15. The van der Waals surface area contributed by atoms with E-state index in [1.165, 1.54) is 0 Å². The van der Waals surface area contributed by atoms with E-state index in [1.807, 2.05) is 32.0 Å². The maximum absolute atomic E-state index is 6.10. The van der Waals surface area contributed by atoms with Gasteiger partial charge in [-0.3, -0.25) is 0 Å². The molecule has 0 nitrogen and oxygen atoms in total. The Hall–Kier alpha value is -0.425. The molecule has 2 radical (unpaired) electrons. The van der Waals surface area contributed by atoms with Gasteiger partial charge in [-0.1, -0.05) is 44.0 Å². The van der Waals surface area contributed by atoms with E-state index in [1.54, 1.807) is 0 Å². The molecule has 0 fully saturated rings. The molecule has 1 aromatic carbocycles. The van der Waals surface area contributed by atoms with Gasteiger partial charge in [-0.05, 0) is 29.4 Å². The fraction of sp³-hybridized carbons (Fsp3) is 0.455. The lowest BCUT2D eigenvalue weighted by molar-refractivity contribution is 0.649. The van der Waals surface area contributed by atoms with E-state index in [2.05, 4.69) is 6.92 Å². The Morgan fingerprint density at radius 1 is 1.46 bits per heavy atom. The van der Waals surface area contributed by atoms with E-state index in [0.717, 1.165) is 22.6 Å². The average molecular weight is 192 g/mol. The summed E-state index contributed by atoms with van der Waals surface area (Å²) >= 11 is 6.02. The largest absolute Gasteiger partial charge is 0.0840 e. The van der Waals surface area contributed by atoms with Crippen LogP contribution in [-0.4, -0.2) is 7.85 Å². The molecule has 1 atom stereocenters. The third-order valence-corrected chi connectivity index (χ3v) is 2.97. The molecule has 68 valence electrons. The zero-order chi connectivity index (χ0) is 10.1. The minimum atomic E-state index is -0.267. The van der Waals surface area contributed by atoms with Gasteiger partial charge in [0.15, 0.2) is 0 Å². The average Bonchev–Trinajstić information content (AvgIpc) is 2.09. The summed E-state index contributed by atoms with van der Waals surface area (Å²) in [7, 11) is 6.10. The lowest BCUT2D eigenvalue weighted by Crippen LogP contribution is -2.20. The number of benzene rings is 1. The molecule has 13 heavy (non-hydrogen) atoms. The Balaban J connectivity index is 3.10. The standard InChI is InChI=1S/C11H14BCl/c1-4-11(3,12)9-6-5-8(2)10(13)7-9/h5-7H,4H2,1-3H3. The van der Waals surface area contributed by atoms with Crippen LogP contribution in [0.5, 0.6) is 0 Å². The van der Waals surface area contributed by atoms with Gasteiger partial charge in [0.2, 0.25) is 0 Å². The molecule has 1 rings (SSSR count). The van der Waals surface area contributed by atoms with Crippen LogP contribution in [0.3, 0.4) is 0 Å². The van der Waals surface area contributed by atoms with Crippen LogP contribution in [-0.2, 0) is 5.31 Å². The van der Waals surface area contributed by atoms with Gasteiger partial charge in [0.05, 0.1) is 7.85 Å². The van der Waals surface area contributed by atoms with Crippen LogP contribution < -0.4 is 0 Å². The Bertz CT molecular complexity index is 305. The van der Waals surface area contributed by atoms with Crippen molar-refractivity contribution in [1.82, 2.24) is 0 Å². The van der Waals surface area contributed by atoms with Crippen molar-refractivity contribution in [2.75, 3.05) is 0 Å². The Labute approximate surface area is 86.7 Å². The number of halogens is 1. The van der Waals surface area contributed by atoms with E-state index in [0.29, 0.717) is 0 Å². The second-order valence-electron chi connectivity index (χ2n) is 3.73. The molecule has 0 saturated carbocycles. The smallest absolute Gasteiger partial charge is 0.0806 e. The first-order valence-corrected chi connectivity index (χ1v) is 4.90. The summed E-state index contributed by atoms with van der Waals surface area (Å²) in [5.74, 6) is 0. The van der Waals surface area contributed by atoms with Crippen molar-refractivity contribution < 1.29 is 0 Å². The number of hydrogen-bond donors (Lipinski definition) is 0. The summed E-state index contributed by atoms with van der Waals surface area (Å²) in [6.45, 7) is 6.09. The normalized spacial score (nSPS) is 15.4. The molecule has 0 saturated heterocycles. The fourth-order valence-corrected chi connectivity index (χ4v) is 1.33. The zero-order valence-electron chi connectivity index (χ0n) is 8.39. The first-order valence-electron chi connectivity index (χ1n) is 4.53. The monoisotopic (exact) mass is 192 g/mol. The van der Waals surface area contributed by atoms with Gasteiger partial charge in [0, 0.05) is 5.02 Å². The molecule has 0 aliphatic carbocycles. The van der Waals surface area contributed by atoms with Crippen molar-refractivity contribution >= 4 is 19.4 Å². The van der Waals surface area contributed by atoms with E-state index >= 15 is 0 Å². The Morgan fingerprint density at radius 3 is 2.54 bits per heavy atom. The van der Waals surface area contributed by atoms with Crippen molar-refractivity contribution in [1.29, 1.82) is 0 Å². The summed E-state index contributed by atoms with van der Waals surface area (Å²) in [5.41, 5.74) is 2.20. The molecule has 0 heterocycles. The molecule has 0 N–H and O–H groups in total. The Kier molecular flexibility index (Phi) is 3.07. The fourth-order valence-electron chi connectivity index (χ4n) is 1.15. The molecular weight excluding hydrogens is 178 g/mol. The number of rotatable bonds is 2. The summed E-state index contributed by atoms with van der Waals surface area (Å²) < 4.78 is 0. The van der Waals surface area contributed by atoms with Crippen molar-refractivity contribution in [3.63, 3.8) is 0 Å². The van der Waals surface area contributed by atoms with E-state index in [-0.39, 0.29) is 5.31 Å². The molecule has 0 aromatic heterocycles.